The molecule has 3 aromatic rings. The van der Waals surface area contributed by atoms with Crippen molar-refractivity contribution in [3.8, 4) is 17.2 Å². The number of hydrogen-bond donors (Lipinski definition) is 2. The Morgan fingerprint density at radius 1 is 1.04 bits per heavy atom. The van der Waals surface area contributed by atoms with Crippen LogP contribution in [0.5, 0.6) is 17.2 Å². The number of rotatable bonds is 5. The van der Waals surface area contributed by atoms with Crippen LogP contribution in [-0.2, 0) is 4.74 Å². The molecular formula is C37H44NO8-. The molecule has 8 rings (SSSR count). The van der Waals surface area contributed by atoms with Crippen molar-refractivity contribution >= 4 is 33.2 Å². The van der Waals surface area contributed by atoms with Gasteiger partial charge in [0.15, 0.2) is 11.5 Å². The van der Waals surface area contributed by atoms with Gasteiger partial charge in [0.25, 0.3) is 0 Å². The minimum Gasteiger partial charge on any atom is -0.733 e. The molecule has 3 aromatic carbocycles. The molecule has 9 nitrogen and oxygen atoms in total. The van der Waals surface area contributed by atoms with Gasteiger partial charge in [0.2, 0.25) is 6.79 Å². The number of hydrogen-bond acceptors (Lipinski definition) is 9. The monoisotopic (exact) mass is 630 g/mol. The van der Waals surface area contributed by atoms with Crippen LogP contribution in [0.2, 0.25) is 0 Å². The molecule has 0 unspecified atom stereocenters. The van der Waals surface area contributed by atoms with E-state index in [-0.39, 0.29) is 52.0 Å². The van der Waals surface area contributed by atoms with Gasteiger partial charge < -0.3 is 34.5 Å². The van der Waals surface area contributed by atoms with Crippen molar-refractivity contribution in [1.82, 2.24) is 0 Å². The molecule has 1 heterocycles. The van der Waals surface area contributed by atoms with Gasteiger partial charge in [-0.3, -0.25) is 5.21 Å². The van der Waals surface area contributed by atoms with E-state index in [9.17, 15) is 20.3 Å². The zero-order valence-corrected chi connectivity index (χ0v) is 27.2. The number of anilines is 1. The second kappa shape index (κ2) is 10.1. The van der Waals surface area contributed by atoms with Crippen LogP contribution in [0, 0.1) is 39.2 Å². The third-order valence-corrected chi connectivity index (χ3v) is 13.3. The van der Waals surface area contributed by atoms with Crippen LogP contribution in [-0.4, -0.2) is 42.4 Å². The van der Waals surface area contributed by atoms with E-state index in [2.05, 4.69) is 20.8 Å². The molecule has 0 amide bonds. The molecule has 246 valence electrons. The predicted molar refractivity (Wildman–Crippen MR) is 173 cm³/mol. The fourth-order valence-corrected chi connectivity index (χ4v) is 11.7. The van der Waals surface area contributed by atoms with Gasteiger partial charge in [0.05, 0.1) is 25.0 Å². The van der Waals surface area contributed by atoms with E-state index >= 15 is 0 Å². The summed E-state index contributed by atoms with van der Waals surface area (Å²) in [4.78, 5) is 14.5. The Kier molecular flexibility index (Phi) is 6.62. The summed E-state index contributed by atoms with van der Waals surface area (Å²) in [5, 5.41) is 35.8. The summed E-state index contributed by atoms with van der Waals surface area (Å²) >= 11 is 0. The molecule has 6 atom stereocenters. The number of carbonyl (C=O) groups excluding carboxylic acids is 1. The van der Waals surface area contributed by atoms with E-state index in [0.29, 0.717) is 57.1 Å². The third-order valence-electron chi connectivity index (χ3n) is 13.3. The van der Waals surface area contributed by atoms with Crippen LogP contribution >= 0.6 is 0 Å². The first-order valence-corrected chi connectivity index (χ1v) is 16.8. The zero-order valence-electron chi connectivity index (χ0n) is 27.2. The molecule has 4 saturated carbocycles. The Morgan fingerprint density at radius 2 is 1.87 bits per heavy atom. The van der Waals surface area contributed by atoms with Crippen LogP contribution in [0.15, 0.2) is 30.3 Å². The molecule has 2 bridgehead atoms. The lowest BCUT2D eigenvalue weighted by atomic mass is 9.41. The van der Waals surface area contributed by atoms with Gasteiger partial charge in [-0.05, 0) is 103 Å². The second-order valence-corrected chi connectivity index (χ2v) is 15.8. The lowest BCUT2D eigenvalue weighted by molar-refractivity contribution is -0.145. The number of ether oxygens (including phenoxy) is 4. The summed E-state index contributed by atoms with van der Waals surface area (Å²) in [7, 11) is 1.53. The summed E-state index contributed by atoms with van der Waals surface area (Å²) in [6.45, 7) is 7.12. The highest BCUT2D eigenvalue weighted by molar-refractivity contribution is 6.23. The van der Waals surface area contributed by atoms with Crippen molar-refractivity contribution in [2.75, 3.05) is 25.7 Å². The van der Waals surface area contributed by atoms with Crippen LogP contribution in [0.3, 0.4) is 0 Å². The Bertz CT molecular complexity index is 1750. The predicted octanol–water partition coefficient (Wildman–Crippen LogP) is 7.74. The van der Waals surface area contributed by atoms with Crippen molar-refractivity contribution in [3.05, 3.63) is 41.1 Å². The van der Waals surface area contributed by atoms with Gasteiger partial charge in [-0.25, -0.2) is 4.79 Å². The van der Waals surface area contributed by atoms with E-state index in [0.717, 1.165) is 25.7 Å². The second-order valence-electron chi connectivity index (χ2n) is 15.8. The lowest BCUT2D eigenvalue weighted by Crippen LogP contribution is -2.55. The third kappa shape index (κ3) is 4.00. The summed E-state index contributed by atoms with van der Waals surface area (Å²) < 4.78 is 23.8. The minimum atomic E-state index is -1.03. The Balaban J connectivity index is 1.22. The van der Waals surface area contributed by atoms with Crippen LogP contribution in [0.4, 0.5) is 5.69 Å². The maximum Gasteiger partial charge on any atom is 0.339 e. The fourth-order valence-electron chi connectivity index (χ4n) is 11.7. The minimum absolute atomic E-state index is 0.0242. The molecule has 9 heteroatoms. The number of fused-ring (bicyclic) bond motifs is 8. The standard InChI is InChI=1S/C37H44NO8/c1-34(2)12-6-13-35(3)28(34)11-14-36-17-21(9-10-29(35)36)37(18-36,19-39)46-33(40)24-16-27-32(45-20-44-27)31-22-7-5-8-26(43-4)23(22)15-25(30(24)31)38(41)42/h5,7-8,15-16,21,28-29,39,41H,6,9-14,17-20H2,1-4H3/q-1/t21-,28-,29+,35-,36+,37+/m1/s1. The largest absolute Gasteiger partial charge is 0.733 e. The molecule has 2 N–H and O–H groups in total. The molecule has 0 aromatic heterocycles. The molecule has 1 spiro atoms. The highest BCUT2D eigenvalue weighted by Gasteiger charge is 2.68. The number of nitrogens with zero attached hydrogens (tertiary/aromatic N) is 1. The first-order valence-electron chi connectivity index (χ1n) is 16.8. The topological polar surface area (TPSA) is 121 Å². The first kappa shape index (κ1) is 30.1. The smallest absolute Gasteiger partial charge is 0.339 e. The number of methoxy groups -OCH3 is 1. The maximum absolute atomic E-state index is 14.5. The van der Waals surface area contributed by atoms with Gasteiger partial charge in [-0.2, -0.15) is 0 Å². The Labute approximate surface area is 269 Å². The van der Waals surface area contributed by atoms with Gasteiger partial charge >= 0.3 is 5.97 Å². The summed E-state index contributed by atoms with van der Waals surface area (Å²) in [5.41, 5.74) is -0.496. The number of carbonyl (C=O) groups is 1. The van der Waals surface area contributed by atoms with E-state index in [4.69, 9.17) is 18.9 Å². The maximum atomic E-state index is 14.5. The first-order chi connectivity index (χ1) is 22.0. The quantitative estimate of drug-likeness (QED) is 0.166. The molecular weight excluding hydrogens is 586 g/mol. The van der Waals surface area contributed by atoms with Crippen LogP contribution in [0.1, 0.15) is 88.9 Å². The molecule has 1 aliphatic heterocycles. The van der Waals surface area contributed by atoms with Gasteiger partial charge in [0, 0.05) is 22.1 Å². The van der Waals surface area contributed by atoms with E-state index < -0.39 is 11.6 Å². The lowest BCUT2D eigenvalue weighted by Gasteiger charge is -2.63. The Morgan fingerprint density at radius 3 is 2.63 bits per heavy atom. The van der Waals surface area contributed by atoms with Gasteiger partial charge in [0.1, 0.15) is 11.4 Å². The van der Waals surface area contributed by atoms with Crippen LogP contribution in [0.25, 0.3) is 21.5 Å². The average molecular weight is 631 g/mol. The Hall–Kier alpha value is -3.27. The van der Waals surface area contributed by atoms with Crippen LogP contribution < -0.4 is 19.4 Å². The van der Waals surface area contributed by atoms with E-state index in [1.165, 1.54) is 44.9 Å². The van der Waals surface area contributed by atoms with E-state index in [1.54, 1.807) is 6.07 Å². The van der Waals surface area contributed by atoms with Crippen molar-refractivity contribution in [2.45, 2.75) is 84.2 Å². The molecule has 0 radical (unpaired) electrons. The molecule has 0 saturated heterocycles. The van der Waals surface area contributed by atoms with Crippen molar-refractivity contribution in [2.24, 2.45) is 34.0 Å². The highest BCUT2D eigenvalue weighted by Crippen LogP contribution is 2.73. The van der Waals surface area contributed by atoms with Crippen molar-refractivity contribution < 1.29 is 34.1 Å². The molecule has 4 fully saturated rings. The summed E-state index contributed by atoms with van der Waals surface area (Å²) in [5.74, 6) is 1.83. The van der Waals surface area contributed by atoms with E-state index in [1.807, 2.05) is 12.1 Å². The van der Waals surface area contributed by atoms with Gasteiger partial charge in [-0.15, -0.1) is 0 Å². The number of esters is 1. The fraction of sp³-hybridized carbons (Fsp3) is 0.595. The number of benzene rings is 3. The summed E-state index contributed by atoms with van der Waals surface area (Å²) in [6.07, 6.45) is 9.62. The average Bonchev–Trinajstić information content (AvgIpc) is 3.59. The van der Waals surface area contributed by atoms with Crippen molar-refractivity contribution in [1.29, 1.82) is 0 Å². The molecule has 5 aliphatic rings. The number of aliphatic hydroxyl groups excluding tert-OH is 1. The zero-order chi connectivity index (χ0) is 32.2. The highest BCUT2D eigenvalue weighted by atomic mass is 16.8. The summed E-state index contributed by atoms with van der Waals surface area (Å²) in [6, 6.07) is 8.49. The van der Waals surface area contributed by atoms with Crippen molar-refractivity contribution in [3.63, 3.8) is 0 Å². The molecule has 46 heavy (non-hydrogen) atoms. The normalized spacial score (nSPS) is 33.8. The SMILES string of the molecule is COc1cccc2c1cc(N([O-])O)c1c(C(=O)O[C@]3(CO)C[C@@]45CC[C@@H]6C(C)(C)CCC[C@@]6(C)[C@@H]4CC[C@@H]3C5)cc3c(c12)OCO3. The number of aliphatic hydroxyl groups is 1. The molecule has 4 aliphatic carbocycles. The van der Waals surface area contributed by atoms with Gasteiger partial charge in [-0.1, -0.05) is 39.3 Å².